The van der Waals surface area contributed by atoms with Gasteiger partial charge in [0, 0.05) is 13.2 Å². The van der Waals surface area contributed by atoms with Crippen molar-refractivity contribution in [1.82, 2.24) is 4.90 Å². The first kappa shape index (κ1) is 21.9. The van der Waals surface area contributed by atoms with E-state index in [4.69, 9.17) is 4.74 Å². The summed E-state index contributed by atoms with van der Waals surface area (Å²) < 4.78 is 6.02. The molecule has 0 heterocycles. The van der Waals surface area contributed by atoms with Crippen molar-refractivity contribution in [1.29, 1.82) is 0 Å². The third kappa shape index (κ3) is 13.6. The molecule has 2 nitrogen and oxygen atoms in total. The first-order valence-corrected chi connectivity index (χ1v) is 10.1. The van der Waals surface area contributed by atoms with E-state index in [0.29, 0.717) is 6.10 Å². The molecule has 2 heteroatoms. The first-order valence-electron chi connectivity index (χ1n) is 10.1. The summed E-state index contributed by atoms with van der Waals surface area (Å²) in [6.07, 6.45) is 15.2. The summed E-state index contributed by atoms with van der Waals surface area (Å²) >= 11 is 0. The van der Waals surface area contributed by atoms with E-state index in [1.165, 1.54) is 83.7 Å². The lowest BCUT2D eigenvalue weighted by Gasteiger charge is -2.27. The highest BCUT2D eigenvalue weighted by Gasteiger charge is 2.13. The lowest BCUT2D eigenvalue weighted by atomic mass is 10.1. The molecule has 0 N–H and O–H groups in total. The minimum absolute atomic E-state index is 0.449. The zero-order valence-corrected chi connectivity index (χ0v) is 16.0. The molecule has 0 aromatic carbocycles. The molecule has 0 aliphatic carbocycles. The summed E-state index contributed by atoms with van der Waals surface area (Å²) in [5.74, 6) is 0. The Kier molecular flexibility index (Phi) is 17.2. The molecule has 0 rings (SSSR count). The van der Waals surface area contributed by atoms with Gasteiger partial charge in [0.15, 0.2) is 0 Å². The molecule has 0 radical (unpaired) electrons. The monoisotopic (exact) mass is 313 g/mol. The predicted octanol–water partition coefficient (Wildman–Crippen LogP) is 6.04. The molecule has 22 heavy (non-hydrogen) atoms. The molecule has 1 atom stereocenters. The van der Waals surface area contributed by atoms with Crippen LogP contribution in [0.5, 0.6) is 0 Å². The second-order valence-corrected chi connectivity index (χ2v) is 6.64. The predicted molar refractivity (Wildman–Crippen MR) is 99.7 cm³/mol. The first-order chi connectivity index (χ1) is 10.8. The second-order valence-electron chi connectivity index (χ2n) is 6.64. The van der Waals surface area contributed by atoms with Crippen molar-refractivity contribution in [3.8, 4) is 0 Å². The van der Waals surface area contributed by atoms with E-state index in [1.807, 2.05) is 0 Å². The zero-order valence-electron chi connectivity index (χ0n) is 16.0. The third-order valence-electron chi connectivity index (χ3n) is 4.40. The summed E-state index contributed by atoms with van der Waals surface area (Å²) in [7, 11) is 0. The summed E-state index contributed by atoms with van der Waals surface area (Å²) in [4.78, 5) is 2.64. The van der Waals surface area contributed by atoms with Crippen LogP contribution in [0.1, 0.15) is 98.3 Å². The SMILES string of the molecule is CCCCCCCCC(CN(CCCC)CCCC)OCC. The minimum atomic E-state index is 0.449. The fraction of sp³-hybridized carbons (Fsp3) is 1.00. The fourth-order valence-electron chi connectivity index (χ4n) is 2.96. The van der Waals surface area contributed by atoms with Gasteiger partial charge in [-0.1, -0.05) is 72.1 Å². The van der Waals surface area contributed by atoms with E-state index in [-0.39, 0.29) is 0 Å². The largest absolute Gasteiger partial charge is 0.377 e. The highest BCUT2D eigenvalue weighted by atomic mass is 16.5. The van der Waals surface area contributed by atoms with Gasteiger partial charge in [-0.2, -0.15) is 0 Å². The zero-order chi connectivity index (χ0) is 16.5. The molecule has 0 fully saturated rings. The van der Waals surface area contributed by atoms with Crippen LogP contribution in [0.25, 0.3) is 0 Å². The van der Waals surface area contributed by atoms with Crippen molar-refractivity contribution < 1.29 is 4.74 Å². The van der Waals surface area contributed by atoms with Gasteiger partial charge in [0.2, 0.25) is 0 Å². The molecule has 0 amide bonds. The van der Waals surface area contributed by atoms with Crippen LogP contribution in [0, 0.1) is 0 Å². The number of rotatable bonds is 17. The van der Waals surface area contributed by atoms with E-state index in [9.17, 15) is 0 Å². The summed E-state index contributed by atoms with van der Waals surface area (Å²) in [6.45, 7) is 13.5. The highest BCUT2D eigenvalue weighted by molar-refractivity contribution is 4.67. The van der Waals surface area contributed by atoms with Crippen molar-refractivity contribution in [2.24, 2.45) is 0 Å². The molecule has 134 valence electrons. The molecular weight excluding hydrogens is 270 g/mol. The molecule has 0 aliphatic rings. The summed E-state index contributed by atoms with van der Waals surface area (Å²) in [5.41, 5.74) is 0. The molecule has 0 aromatic heterocycles. The van der Waals surface area contributed by atoms with Crippen LogP contribution >= 0.6 is 0 Å². The van der Waals surface area contributed by atoms with Gasteiger partial charge in [-0.05, 0) is 39.3 Å². The summed E-state index contributed by atoms with van der Waals surface area (Å²) in [5, 5.41) is 0. The van der Waals surface area contributed by atoms with Crippen LogP contribution in [-0.4, -0.2) is 37.2 Å². The van der Waals surface area contributed by atoms with Crippen LogP contribution < -0.4 is 0 Å². The Morgan fingerprint density at radius 2 is 1.23 bits per heavy atom. The minimum Gasteiger partial charge on any atom is -0.377 e. The number of ether oxygens (including phenoxy) is 1. The maximum absolute atomic E-state index is 6.02. The van der Waals surface area contributed by atoms with E-state index in [0.717, 1.165) is 13.2 Å². The molecule has 0 saturated carbocycles. The van der Waals surface area contributed by atoms with E-state index in [1.54, 1.807) is 0 Å². The molecule has 0 aromatic rings. The fourth-order valence-corrected chi connectivity index (χ4v) is 2.96. The van der Waals surface area contributed by atoms with Gasteiger partial charge in [0.25, 0.3) is 0 Å². The van der Waals surface area contributed by atoms with Crippen molar-refractivity contribution in [3.63, 3.8) is 0 Å². The molecule has 1 unspecified atom stereocenters. The average Bonchev–Trinajstić information content (AvgIpc) is 2.53. The van der Waals surface area contributed by atoms with Gasteiger partial charge >= 0.3 is 0 Å². The van der Waals surface area contributed by atoms with Gasteiger partial charge < -0.3 is 9.64 Å². The topological polar surface area (TPSA) is 12.5 Å². The van der Waals surface area contributed by atoms with Gasteiger partial charge in [-0.3, -0.25) is 0 Å². The van der Waals surface area contributed by atoms with Crippen molar-refractivity contribution >= 4 is 0 Å². The van der Waals surface area contributed by atoms with Gasteiger partial charge in [0.05, 0.1) is 6.10 Å². The Labute approximate surface area is 141 Å². The van der Waals surface area contributed by atoms with Crippen molar-refractivity contribution in [2.45, 2.75) is 104 Å². The van der Waals surface area contributed by atoms with Crippen LogP contribution in [0.4, 0.5) is 0 Å². The Morgan fingerprint density at radius 1 is 0.682 bits per heavy atom. The number of hydrogen-bond donors (Lipinski definition) is 0. The van der Waals surface area contributed by atoms with E-state index in [2.05, 4.69) is 32.6 Å². The quantitative estimate of drug-likeness (QED) is 0.303. The van der Waals surface area contributed by atoms with Crippen LogP contribution in [-0.2, 0) is 4.74 Å². The number of unbranched alkanes of at least 4 members (excludes halogenated alkanes) is 7. The standard InChI is InChI=1S/C20H43NO/c1-5-9-12-13-14-15-16-20(22-8-4)19-21(17-10-6-2)18-11-7-3/h20H,5-19H2,1-4H3. The molecule has 0 saturated heterocycles. The van der Waals surface area contributed by atoms with E-state index < -0.39 is 0 Å². The Morgan fingerprint density at radius 3 is 1.77 bits per heavy atom. The molecule has 0 aliphatic heterocycles. The molecule has 0 spiro atoms. The number of nitrogens with zero attached hydrogens (tertiary/aromatic N) is 1. The second kappa shape index (κ2) is 17.3. The summed E-state index contributed by atoms with van der Waals surface area (Å²) in [6, 6.07) is 0. The van der Waals surface area contributed by atoms with Gasteiger partial charge in [-0.25, -0.2) is 0 Å². The average molecular weight is 314 g/mol. The number of hydrogen-bond acceptors (Lipinski definition) is 2. The highest BCUT2D eigenvalue weighted by Crippen LogP contribution is 2.12. The molecular formula is C20H43NO. The van der Waals surface area contributed by atoms with Gasteiger partial charge in [0.1, 0.15) is 0 Å². The van der Waals surface area contributed by atoms with Gasteiger partial charge in [-0.15, -0.1) is 0 Å². The maximum atomic E-state index is 6.02. The van der Waals surface area contributed by atoms with Crippen LogP contribution in [0.3, 0.4) is 0 Å². The Hall–Kier alpha value is -0.0800. The maximum Gasteiger partial charge on any atom is 0.0701 e. The molecule has 0 bridgehead atoms. The van der Waals surface area contributed by atoms with Crippen molar-refractivity contribution in [2.75, 3.05) is 26.2 Å². The smallest absolute Gasteiger partial charge is 0.0701 e. The normalized spacial score (nSPS) is 13.0. The lowest BCUT2D eigenvalue weighted by molar-refractivity contribution is 0.0259. The van der Waals surface area contributed by atoms with E-state index >= 15 is 0 Å². The Bertz CT molecular complexity index is 200. The third-order valence-corrected chi connectivity index (χ3v) is 4.40. The van der Waals surface area contributed by atoms with Crippen molar-refractivity contribution in [3.05, 3.63) is 0 Å². The lowest BCUT2D eigenvalue weighted by Crippen LogP contribution is -2.35. The van der Waals surface area contributed by atoms with Crippen LogP contribution in [0.2, 0.25) is 0 Å². The van der Waals surface area contributed by atoms with Crippen LogP contribution in [0.15, 0.2) is 0 Å². The Balaban J connectivity index is 4.02.